The molecule has 1 fully saturated rings. The van der Waals surface area contributed by atoms with E-state index in [9.17, 15) is 9.59 Å². The van der Waals surface area contributed by atoms with Gasteiger partial charge in [-0.15, -0.1) is 0 Å². The average molecular weight is 325 g/mol. The minimum Gasteiger partial charge on any atom is -0.481 e. The van der Waals surface area contributed by atoms with Gasteiger partial charge in [-0.05, 0) is 42.9 Å². The van der Waals surface area contributed by atoms with Crippen LogP contribution >= 0.6 is 11.6 Å². The fourth-order valence-electron chi connectivity index (χ4n) is 2.90. The number of amides is 2. The number of carbonyl (C=O) groups is 2. The number of carbonyl (C=O) groups excluding carboxylic acids is 1. The highest BCUT2D eigenvalue weighted by Crippen LogP contribution is 2.33. The number of carboxylic acid groups (broad SMARTS) is 1. The lowest BCUT2D eigenvalue weighted by Crippen LogP contribution is -2.44. The molecule has 2 rings (SSSR count). The number of rotatable bonds is 5. The number of hydrogen-bond donors (Lipinski definition) is 3. The van der Waals surface area contributed by atoms with Crippen molar-refractivity contribution in [3.63, 3.8) is 0 Å². The van der Waals surface area contributed by atoms with Crippen LogP contribution in [-0.2, 0) is 4.79 Å². The van der Waals surface area contributed by atoms with E-state index in [1.54, 1.807) is 0 Å². The molecule has 2 amide bonds. The molecule has 22 heavy (non-hydrogen) atoms. The van der Waals surface area contributed by atoms with Crippen LogP contribution in [0, 0.1) is 0 Å². The SMILES string of the molecule is O=C(O)CCNC(=O)NC1CCCC(c2cccc(Cl)c2)C1. The molecular weight excluding hydrogens is 304 g/mol. The van der Waals surface area contributed by atoms with Gasteiger partial charge >= 0.3 is 12.0 Å². The second kappa shape index (κ2) is 8.03. The van der Waals surface area contributed by atoms with Gasteiger partial charge in [0, 0.05) is 17.6 Å². The first-order chi connectivity index (χ1) is 10.5. The quantitative estimate of drug-likeness (QED) is 0.778. The number of aliphatic carboxylic acids is 1. The van der Waals surface area contributed by atoms with Gasteiger partial charge in [-0.1, -0.05) is 30.2 Å². The molecule has 0 saturated heterocycles. The van der Waals surface area contributed by atoms with Gasteiger partial charge in [-0.3, -0.25) is 4.79 Å². The van der Waals surface area contributed by atoms with E-state index in [0.29, 0.717) is 5.92 Å². The van der Waals surface area contributed by atoms with Crippen molar-refractivity contribution in [2.75, 3.05) is 6.54 Å². The van der Waals surface area contributed by atoms with E-state index in [1.807, 2.05) is 18.2 Å². The van der Waals surface area contributed by atoms with Crippen LogP contribution in [0.15, 0.2) is 24.3 Å². The van der Waals surface area contributed by atoms with Crippen molar-refractivity contribution in [2.45, 2.75) is 44.1 Å². The number of nitrogens with one attached hydrogen (secondary N) is 2. The van der Waals surface area contributed by atoms with E-state index in [0.717, 1.165) is 30.7 Å². The van der Waals surface area contributed by atoms with Crippen molar-refractivity contribution in [1.29, 1.82) is 0 Å². The van der Waals surface area contributed by atoms with E-state index in [1.165, 1.54) is 5.56 Å². The molecule has 120 valence electrons. The smallest absolute Gasteiger partial charge is 0.315 e. The maximum atomic E-state index is 11.8. The third kappa shape index (κ3) is 5.22. The van der Waals surface area contributed by atoms with Gasteiger partial charge in [-0.2, -0.15) is 0 Å². The molecule has 0 aromatic heterocycles. The summed E-state index contributed by atoms with van der Waals surface area (Å²) in [5.74, 6) is -0.518. The Hall–Kier alpha value is -1.75. The van der Waals surface area contributed by atoms with Crippen LogP contribution in [0.1, 0.15) is 43.6 Å². The summed E-state index contributed by atoms with van der Waals surface area (Å²) in [5.41, 5.74) is 1.21. The summed E-state index contributed by atoms with van der Waals surface area (Å²) in [7, 11) is 0. The number of benzene rings is 1. The summed E-state index contributed by atoms with van der Waals surface area (Å²) in [5, 5.41) is 14.8. The summed E-state index contributed by atoms with van der Waals surface area (Å²) in [6.07, 6.45) is 3.91. The minimum atomic E-state index is -0.918. The predicted octanol–water partition coefficient (Wildman–Crippen LogP) is 3.14. The molecule has 6 heteroatoms. The topological polar surface area (TPSA) is 78.4 Å². The maximum absolute atomic E-state index is 11.8. The van der Waals surface area contributed by atoms with Crippen LogP contribution in [0.25, 0.3) is 0 Å². The lowest BCUT2D eigenvalue weighted by molar-refractivity contribution is -0.136. The summed E-state index contributed by atoms with van der Waals surface area (Å²) in [6, 6.07) is 7.70. The van der Waals surface area contributed by atoms with E-state index >= 15 is 0 Å². The van der Waals surface area contributed by atoms with E-state index in [2.05, 4.69) is 16.7 Å². The van der Waals surface area contributed by atoms with Gasteiger partial charge in [-0.25, -0.2) is 4.79 Å². The molecule has 0 spiro atoms. The van der Waals surface area contributed by atoms with Crippen molar-refractivity contribution < 1.29 is 14.7 Å². The second-order valence-corrected chi connectivity index (χ2v) is 6.10. The van der Waals surface area contributed by atoms with Gasteiger partial charge in [0.2, 0.25) is 0 Å². The fraction of sp³-hybridized carbons (Fsp3) is 0.500. The van der Waals surface area contributed by atoms with Gasteiger partial charge < -0.3 is 15.7 Å². The van der Waals surface area contributed by atoms with Crippen LogP contribution in [0.2, 0.25) is 5.02 Å². The highest BCUT2D eigenvalue weighted by atomic mass is 35.5. The normalized spacial score (nSPS) is 21.1. The molecule has 2 unspecified atom stereocenters. The zero-order valence-corrected chi connectivity index (χ0v) is 13.1. The Bertz CT molecular complexity index is 536. The first kappa shape index (κ1) is 16.6. The monoisotopic (exact) mass is 324 g/mol. The first-order valence-corrected chi connectivity index (χ1v) is 7.94. The molecule has 1 aliphatic carbocycles. The molecular formula is C16H21ClN2O3. The van der Waals surface area contributed by atoms with E-state index in [-0.39, 0.29) is 25.0 Å². The Balaban J connectivity index is 1.83. The number of carboxylic acids is 1. The Morgan fingerprint density at radius 3 is 2.86 bits per heavy atom. The van der Waals surface area contributed by atoms with Crippen molar-refractivity contribution in [3.05, 3.63) is 34.9 Å². The van der Waals surface area contributed by atoms with Gasteiger partial charge in [0.15, 0.2) is 0 Å². The standard InChI is InChI=1S/C16H21ClN2O3/c17-13-5-1-3-11(9-13)12-4-2-6-14(10-12)19-16(22)18-8-7-15(20)21/h1,3,5,9,12,14H,2,4,6-8,10H2,(H,20,21)(H2,18,19,22). The molecule has 3 N–H and O–H groups in total. The molecule has 0 bridgehead atoms. The van der Waals surface area contributed by atoms with Gasteiger partial charge in [0.25, 0.3) is 0 Å². The lowest BCUT2D eigenvalue weighted by atomic mass is 9.81. The highest BCUT2D eigenvalue weighted by molar-refractivity contribution is 6.30. The van der Waals surface area contributed by atoms with Crippen LogP contribution in [0.3, 0.4) is 0 Å². The highest BCUT2D eigenvalue weighted by Gasteiger charge is 2.24. The summed E-state index contributed by atoms with van der Waals surface area (Å²) in [6.45, 7) is 0.144. The fourth-order valence-corrected chi connectivity index (χ4v) is 3.10. The van der Waals surface area contributed by atoms with Crippen LogP contribution in [-0.4, -0.2) is 29.7 Å². The molecule has 1 aliphatic rings. The predicted molar refractivity (Wildman–Crippen MR) is 85.2 cm³/mol. The molecule has 2 atom stereocenters. The minimum absolute atomic E-state index is 0.0662. The van der Waals surface area contributed by atoms with Crippen molar-refractivity contribution in [2.24, 2.45) is 0 Å². The molecule has 0 radical (unpaired) electrons. The third-order valence-electron chi connectivity index (χ3n) is 3.95. The van der Waals surface area contributed by atoms with E-state index in [4.69, 9.17) is 16.7 Å². The molecule has 0 aliphatic heterocycles. The van der Waals surface area contributed by atoms with Crippen molar-refractivity contribution in [3.8, 4) is 0 Å². The molecule has 1 aromatic rings. The zero-order chi connectivity index (χ0) is 15.9. The molecule has 1 saturated carbocycles. The summed E-state index contributed by atoms with van der Waals surface area (Å²) < 4.78 is 0. The second-order valence-electron chi connectivity index (χ2n) is 5.66. The van der Waals surface area contributed by atoms with Crippen molar-refractivity contribution >= 4 is 23.6 Å². The Morgan fingerprint density at radius 1 is 1.32 bits per heavy atom. The lowest BCUT2D eigenvalue weighted by Gasteiger charge is -2.30. The van der Waals surface area contributed by atoms with Gasteiger partial charge in [0.1, 0.15) is 0 Å². The van der Waals surface area contributed by atoms with Crippen LogP contribution in [0.5, 0.6) is 0 Å². The van der Waals surface area contributed by atoms with Crippen molar-refractivity contribution in [1.82, 2.24) is 10.6 Å². The van der Waals surface area contributed by atoms with E-state index < -0.39 is 5.97 Å². The largest absolute Gasteiger partial charge is 0.481 e. The Labute approximate surface area is 135 Å². The molecule has 1 aromatic carbocycles. The zero-order valence-electron chi connectivity index (χ0n) is 12.3. The maximum Gasteiger partial charge on any atom is 0.315 e. The Kier molecular flexibility index (Phi) is 6.07. The molecule has 5 nitrogen and oxygen atoms in total. The summed E-state index contributed by atoms with van der Waals surface area (Å²) >= 11 is 6.04. The average Bonchev–Trinajstić information content (AvgIpc) is 2.47. The first-order valence-electron chi connectivity index (χ1n) is 7.56. The molecule has 0 heterocycles. The summed E-state index contributed by atoms with van der Waals surface area (Å²) in [4.78, 5) is 22.2. The van der Waals surface area contributed by atoms with Gasteiger partial charge in [0.05, 0.1) is 6.42 Å². The number of urea groups is 1. The van der Waals surface area contributed by atoms with Crippen LogP contribution in [0.4, 0.5) is 4.79 Å². The van der Waals surface area contributed by atoms with Crippen LogP contribution < -0.4 is 10.6 Å². The Morgan fingerprint density at radius 2 is 2.14 bits per heavy atom. The third-order valence-corrected chi connectivity index (χ3v) is 4.19. The number of hydrogen-bond acceptors (Lipinski definition) is 2. The number of halogens is 1.